The molecule has 3 rings (SSSR count). The van der Waals surface area contributed by atoms with Crippen LogP contribution < -0.4 is 16.4 Å². The van der Waals surface area contributed by atoms with Gasteiger partial charge in [-0.25, -0.2) is 9.97 Å². The molecule has 1 atom stereocenters. The van der Waals surface area contributed by atoms with E-state index >= 15 is 0 Å². The molecule has 1 heterocycles. The second-order valence-corrected chi connectivity index (χ2v) is 8.05. The molecule has 0 bridgehead atoms. The molecule has 8 heteroatoms. The summed E-state index contributed by atoms with van der Waals surface area (Å²) in [6, 6.07) is 13.4. The maximum atomic E-state index is 9.76. The van der Waals surface area contributed by atoms with E-state index in [2.05, 4.69) is 26.7 Å². The van der Waals surface area contributed by atoms with Gasteiger partial charge in [0.1, 0.15) is 12.0 Å². The molecule has 0 saturated heterocycles. The molecule has 30 heavy (non-hydrogen) atoms. The number of nitrogens with one attached hydrogen (secondary N) is 2. The molecule has 1 unspecified atom stereocenters. The molecule has 1 aromatic heterocycles. The van der Waals surface area contributed by atoms with E-state index in [4.69, 9.17) is 28.9 Å². The number of aromatic nitrogens is 2. The lowest BCUT2D eigenvalue weighted by Gasteiger charge is -2.18. The van der Waals surface area contributed by atoms with Gasteiger partial charge in [0.05, 0.1) is 12.0 Å². The van der Waals surface area contributed by atoms with E-state index in [1.54, 1.807) is 18.2 Å². The number of aryl methyl sites for hydroxylation is 1. The highest BCUT2D eigenvalue weighted by Crippen LogP contribution is 2.36. The van der Waals surface area contributed by atoms with E-state index < -0.39 is 5.92 Å². The standard InChI is InChI=1S/C22H22Cl2N6/c1-12(2)29-21-20(26)22(28-11-27-21)30-19-9-18(24)16(8-13(19)3)17(10-25)14-4-6-15(23)7-5-14/h4-9,11-12,17H,26H2,1-3H3,(H2,27,28,29,30). The Hall–Kier alpha value is -3.01. The molecule has 154 valence electrons. The Kier molecular flexibility index (Phi) is 6.66. The number of hydrogen-bond acceptors (Lipinski definition) is 6. The quantitative estimate of drug-likeness (QED) is 0.441. The molecule has 4 N–H and O–H groups in total. The van der Waals surface area contributed by atoms with Crippen LogP contribution in [0.2, 0.25) is 10.0 Å². The fourth-order valence-electron chi connectivity index (χ4n) is 3.05. The Balaban J connectivity index is 1.94. The highest BCUT2D eigenvalue weighted by atomic mass is 35.5. The van der Waals surface area contributed by atoms with E-state index in [0.29, 0.717) is 27.4 Å². The van der Waals surface area contributed by atoms with Gasteiger partial charge in [0, 0.05) is 21.8 Å². The van der Waals surface area contributed by atoms with Crippen LogP contribution in [-0.2, 0) is 0 Å². The largest absolute Gasteiger partial charge is 0.393 e. The van der Waals surface area contributed by atoms with Gasteiger partial charge in [-0.1, -0.05) is 41.4 Å². The Morgan fingerprint density at radius 1 is 1.07 bits per heavy atom. The molecule has 0 amide bonds. The average molecular weight is 441 g/mol. The second kappa shape index (κ2) is 9.21. The predicted octanol–water partition coefficient (Wildman–Crippen LogP) is 5.89. The summed E-state index contributed by atoms with van der Waals surface area (Å²) in [5.41, 5.74) is 9.84. The number of hydrogen-bond donors (Lipinski definition) is 3. The molecular weight excluding hydrogens is 419 g/mol. The van der Waals surface area contributed by atoms with Gasteiger partial charge in [-0.15, -0.1) is 0 Å². The fourth-order valence-corrected chi connectivity index (χ4v) is 3.45. The third kappa shape index (κ3) is 4.76. The lowest BCUT2D eigenvalue weighted by atomic mass is 9.91. The highest BCUT2D eigenvalue weighted by molar-refractivity contribution is 6.32. The zero-order valence-electron chi connectivity index (χ0n) is 16.9. The van der Waals surface area contributed by atoms with Gasteiger partial charge in [-0.05, 0) is 55.7 Å². The summed E-state index contributed by atoms with van der Waals surface area (Å²) in [4.78, 5) is 8.44. The van der Waals surface area contributed by atoms with Crippen LogP contribution in [0.4, 0.5) is 23.0 Å². The van der Waals surface area contributed by atoms with Crippen LogP contribution in [0.15, 0.2) is 42.7 Å². The predicted molar refractivity (Wildman–Crippen MR) is 124 cm³/mol. The van der Waals surface area contributed by atoms with Gasteiger partial charge >= 0.3 is 0 Å². The Bertz CT molecular complexity index is 1090. The second-order valence-electron chi connectivity index (χ2n) is 7.21. The van der Waals surface area contributed by atoms with Crippen molar-refractivity contribution in [2.75, 3.05) is 16.4 Å². The number of nitrogen functional groups attached to an aromatic ring is 1. The molecular formula is C22H22Cl2N6. The van der Waals surface area contributed by atoms with Crippen LogP contribution >= 0.6 is 23.2 Å². The Morgan fingerprint density at radius 3 is 2.37 bits per heavy atom. The summed E-state index contributed by atoms with van der Waals surface area (Å²) in [5, 5.41) is 17.3. The van der Waals surface area contributed by atoms with Crippen molar-refractivity contribution in [2.45, 2.75) is 32.7 Å². The summed E-state index contributed by atoms with van der Waals surface area (Å²) in [6.07, 6.45) is 1.45. The van der Waals surface area contributed by atoms with Crippen LogP contribution in [0.5, 0.6) is 0 Å². The van der Waals surface area contributed by atoms with Crippen LogP contribution in [-0.4, -0.2) is 16.0 Å². The van der Waals surface area contributed by atoms with Crippen LogP contribution in [0.25, 0.3) is 0 Å². The van der Waals surface area contributed by atoms with Crippen molar-refractivity contribution in [3.05, 3.63) is 69.5 Å². The highest BCUT2D eigenvalue weighted by Gasteiger charge is 2.19. The number of benzene rings is 2. The minimum absolute atomic E-state index is 0.182. The summed E-state index contributed by atoms with van der Waals surface area (Å²) >= 11 is 12.5. The van der Waals surface area contributed by atoms with Crippen LogP contribution in [0, 0.1) is 18.3 Å². The van der Waals surface area contributed by atoms with Gasteiger partial charge in [-0.2, -0.15) is 5.26 Å². The van der Waals surface area contributed by atoms with Crippen molar-refractivity contribution < 1.29 is 0 Å². The molecule has 0 radical (unpaired) electrons. The topological polar surface area (TPSA) is 99.6 Å². The first-order valence-corrected chi connectivity index (χ1v) is 10.1. The third-order valence-corrected chi connectivity index (χ3v) is 5.13. The maximum absolute atomic E-state index is 9.76. The monoisotopic (exact) mass is 440 g/mol. The van der Waals surface area contributed by atoms with Crippen molar-refractivity contribution in [3.63, 3.8) is 0 Å². The molecule has 0 saturated carbocycles. The van der Waals surface area contributed by atoms with Gasteiger partial charge < -0.3 is 16.4 Å². The van der Waals surface area contributed by atoms with Crippen LogP contribution in [0.3, 0.4) is 0 Å². The molecule has 0 fully saturated rings. The van der Waals surface area contributed by atoms with E-state index in [1.807, 2.05) is 39.0 Å². The minimum Gasteiger partial charge on any atom is -0.393 e. The van der Waals surface area contributed by atoms with E-state index in [1.165, 1.54) is 6.33 Å². The molecule has 0 spiro atoms. The van der Waals surface area contributed by atoms with Gasteiger partial charge in [0.2, 0.25) is 0 Å². The first-order valence-electron chi connectivity index (χ1n) is 9.39. The first kappa shape index (κ1) is 21.7. The minimum atomic E-state index is -0.506. The number of nitriles is 1. The lowest BCUT2D eigenvalue weighted by Crippen LogP contribution is -2.14. The van der Waals surface area contributed by atoms with Gasteiger partial charge in [0.15, 0.2) is 11.6 Å². The number of nitrogens with two attached hydrogens (primary N) is 1. The van der Waals surface area contributed by atoms with Gasteiger partial charge in [-0.3, -0.25) is 0 Å². The zero-order valence-corrected chi connectivity index (χ0v) is 18.4. The smallest absolute Gasteiger partial charge is 0.159 e. The van der Waals surface area contributed by atoms with E-state index in [9.17, 15) is 5.26 Å². The number of nitrogens with zero attached hydrogens (tertiary/aromatic N) is 3. The molecule has 3 aromatic rings. The van der Waals surface area contributed by atoms with Crippen molar-refractivity contribution in [1.29, 1.82) is 5.26 Å². The SMILES string of the molecule is Cc1cc(C(C#N)c2ccc(Cl)cc2)c(Cl)cc1Nc1ncnc(NC(C)C)c1N. The van der Waals surface area contributed by atoms with Crippen LogP contribution in [0.1, 0.15) is 36.5 Å². The molecule has 0 aliphatic carbocycles. The van der Waals surface area contributed by atoms with Crippen molar-refractivity contribution in [3.8, 4) is 6.07 Å². The Morgan fingerprint density at radius 2 is 1.73 bits per heavy atom. The number of anilines is 4. The molecule has 6 nitrogen and oxygen atoms in total. The summed E-state index contributed by atoms with van der Waals surface area (Å²) in [6.45, 7) is 5.94. The Labute approximate surface area is 186 Å². The molecule has 0 aliphatic rings. The molecule has 2 aromatic carbocycles. The average Bonchev–Trinajstić information content (AvgIpc) is 2.70. The number of halogens is 2. The first-order chi connectivity index (χ1) is 14.3. The summed E-state index contributed by atoms with van der Waals surface area (Å²) < 4.78 is 0. The third-order valence-electron chi connectivity index (χ3n) is 4.55. The molecule has 0 aliphatic heterocycles. The van der Waals surface area contributed by atoms with E-state index in [0.717, 1.165) is 22.4 Å². The van der Waals surface area contributed by atoms with E-state index in [-0.39, 0.29) is 6.04 Å². The van der Waals surface area contributed by atoms with Crippen molar-refractivity contribution in [1.82, 2.24) is 9.97 Å². The van der Waals surface area contributed by atoms with Crippen molar-refractivity contribution >= 4 is 46.2 Å². The number of rotatable bonds is 6. The fraction of sp³-hybridized carbons (Fsp3) is 0.227. The lowest BCUT2D eigenvalue weighted by molar-refractivity contribution is 0.887. The zero-order chi connectivity index (χ0) is 21.8. The summed E-state index contributed by atoms with van der Waals surface area (Å²) in [5.74, 6) is 0.540. The van der Waals surface area contributed by atoms with Gasteiger partial charge in [0.25, 0.3) is 0 Å². The van der Waals surface area contributed by atoms with Crippen molar-refractivity contribution in [2.24, 2.45) is 0 Å². The normalized spacial score (nSPS) is 11.8. The maximum Gasteiger partial charge on any atom is 0.159 e. The summed E-state index contributed by atoms with van der Waals surface area (Å²) in [7, 11) is 0.